The molecule has 0 radical (unpaired) electrons. The summed E-state index contributed by atoms with van der Waals surface area (Å²) in [6, 6.07) is 10.2. The number of aromatic nitrogens is 4. The van der Waals surface area contributed by atoms with Crippen LogP contribution in [0.15, 0.2) is 36.7 Å². The van der Waals surface area contributed by atoms with Crippen molar-refractivity contribution < 1.29 is 9.90 Å². The summed E-state index contributed by atoms with van der Waals surface area (Å²) in [7, 11) is 0. The third kappa shape index (κ3) is 2.72. The lowest BCUT2D eigenvalue weighted by Gasteiger charge is -2.18. The Labute approximate surface area is 167 Å². The molecule has 0 unspecified atom stereocenters. The molecule has 1 aliphatic heterocycles. The van der Waals surface area contributed by atoms with Gasteiger partial charge in [0.2, 0.25) is 11.9 Å². The summed E-state index contributed by atoms with van der Waals surface area (Å²) in [5.41, 5.74) is 7.93. The van der Waals surface area contributed by atoms with Gasteiger partial charge >= 0.3 is 0 Å². The van der Waals surface area contributed by atoms with E-state index in [1.807, 2.05) is 23.1 Å². The third-order valence-electron chi connectivity index (χ3n) is 6.35. The largest absolute Gasteiger partial charge is 0.391 e. The highest BCUT2D eigenvalue weighted by Gasteiger charge is 2.71. The predicted molar refractivity (Wildman–Crippen MR) is 108 cm³/mol. The van der Waals surface area contributed by atoms with E-state index in [1.54, 1.807) is 6.33 Å². The zero-order valence-electron chi connectivity index (χ0n) is 16.0. The second kappa shape index (κ2) is 6.41. The van der Waals surface area contributed by atoms with E-state index in [0.29, 0.717) is 36.6 Å². The van der Waals surface area contributed by atoms with Gasteiger partial charge in [-0.25, -0.2) is 4.98 Å². The number of amides is 1. The van der Waals surface area contributed by atoms with Gasteiger partial charge in [-0.1, -0.05) is 30.3 Å². The zero-order chi connectivity index (χ0) is 20.2. The Morgan fingerprint density at radius 1 is 1.38 bits per heavy atom. The summed E-state index contributed by atoms with van der Waals surface area (Å²) in [5.74, 6) is 1.04. The van der Waals surface area contributed by atoms with Crippen molar-refractivity contribution in [1.29, 1.82) is 0 Å². The number of fused-ring (bicyclic) bond motifs is 1. The normalized spacial score (nSPS) is 28.2. The number of imidazole rings is 1. The minimum absolute atomic E-state index is 0.0639. The van der Waals surface area contributed by atoms with E-state index in [1.165, 1.54) is 12.5 Å². The molecule has 150 valence electrons. The first-order valence-corrected chi connectivity index (χ1v) is 9.69. The molecule has 9 nitrogen and oxygen atoms in total. The van der Waals surface area contributed by atoms with Crippen LogP contribution in [-0.2, 0) is 4.79 Å². The Balaban J connectivity index is 1.50. The second-order valence-corrected chi connectivity index (χ2v) is 7.95. The number of H-pyrrole nitrogens is 1. The number of aliphatic hydroxyl groups is 1. The number of benzene rings is 1. The van der Waals surface area contributed by atoms with Gasteiger partial charge in [0, 0.05) is 32.0 Å². The maximum absolute atomic E-state index is 11.5. The minimum Gasteiger partial charge on any atom is -0.391 e. The first-order valence-electron chi connectivity index (χ1n) is 9.69. The van der Waals surface area contributed by atoms with Crippen LogP contribution in [0.5, 0.6) is 0 Å². The van der Waals surface area contributed by atoms with Crippen molar-refractivity contribution in [3.05, 3.63) is 42.2 Å². The van der Waals surface area contributed by atoms with Crippen molar-refractivity contribution in [3.63, 3.8) is 0 Å². The maximum atomic E-state index is 11.5. The van der Waals surface area contributed by atoms with E-state index in [2.05, 4.69) is 37.4 Å². The van der Waals surface area contributed by atoms with Crippen LogP contribution in [0.1, 0.15) is 18.4 Å². The molecule has 2 aliphatic rings. The summed E-state index contributed by atoms with van der Waals surface area (Å²) < 4.78 is 0. The standard InChI is InChI=1S/C20H23N7O2/c1-11(28)22-7-13-15(12-5-3-2-4-6-12)20(13)9-27(8-14(20)29)18-16-17(24-10-23-16)25-19(21)26-18/h2-6,10,13-15,29H,7-9H2,1H3,(H,22,28)(H3,21,23,24,25,26)/t13-,14-,15-,20-/m1/s1. The lowest BCUT2D eigenvalue weighted by atomic mass is 9.95. The first-order chi connectivity index (χ1) is 14.0. The van der Waals surface area contributed by atoms with Gasteiger partial charge in [-0.2, -0.15) is 9.97 Å². The molecule has 9 heteroatoms. The van der Waals surface area contributed by atoms with Crippen LogP contribution in [0.4, 0.5) is 11.8 Å². The van der Waals surface area contributed by atoms with Crippen molar-refractivity contribution in [3.8, 4) is 0 Å². The highest BCUT2D eigenvalue weighted by Crippen LogP contribution is 2.69. The average Bonchev–Trinajstić information content (AvgIpc) is 2.95. The molecule has 2 aromatic heterocycles. The lowest BCUT2D eigenvalue weighted by molar-refractivity contribution is -0.119. The van der Waals surface area contributed by atoms with E-state index in [-0.39, 0.29) is 29.1 Å². The fraction of sp³-hybridized carbons (Fsp3) is 0.400. The molecule has 29 heavy (non-hydrogen) atoms. The number of aromatic amines is 1. The van der Waals surface area contributed by atoms with Gasteiger partial charge in [0.1, 0.15) is 5.52 Å². The summed E-state index contributed by atoms with van der Waals surface area (Å²) >= 11 is 0. The molecule has 2 fully saturated rings. The van der Waals surface area contributed by atoms with E-state index in [4.69, 9.17) is 5.73 Å². The van der Waals surface area contributed by atoms with E-state index in [0.717, 1.165) is 0 Å². The highest BCUT2D eigenvalue weighted by molar-refractivity contribution is 5.84. The monoisotopic (exact) mass is 393 g/mol. The van der Waals surface area contributed by atoms with E-state index in [9.17, 15) is 9.90 Å². The SMILES string of the molecule is CC(=O)NC[C@@H]1[C@@H](c2ccccc2)[C@]12CN(c1nc(N)nc3nc[nH]c13)C[C@H]2O. The number of anilines is 2. The molecule has 3 heterocycles. The number of nitrogen functional groups attached to an aromatic ring is 1. The number of hydrogen-bond acceptors (Lipinski definition) is 7. The van der Waals surface area contributed by atoms with Crippen molar-refractivity contribution in [2.75, 3.05) is 30.3 Å². The molecule has 1 spiro atoms. The fourth-order valence-electron chi connectivity index (χ4n) is 5.08. The van der Waals surface area contributed by atoms with E-state index < -0.39 is 6.10 Å². The van der Waals surface area contributed by atoms with Crippen LogP contribution >= 0.6 is 0 Å². The molecule has 5 rings (SSSR count). The van der Waals surface area contributed by atoms with Gasteiger partial charge < -0.3 is 26.0 Å². The lowest BCUT2D eigenvalue weighted by Crippen LogP contribution is -2.28. The number of aliphatic hydroxyl groups excluding tert-OH is 1. The minimum atomic E-state index is -0.555. The Morgan fingerprint density at radius 2 is 2.17 bits per heavy atom. The Morgan fingerprint density at radius 3 is 2.93 bits per heavy atom. The van der Waals surface area contributed by atoms with E-state index >= 15 is 0 Å². The molecule has 3 aromatic rings. The van der Waals surface area contributed by atoms with Gasteiger partial charge in [-0.15, -0.1) is 0 Å². The number of nitrogens with two attached hydrogens (primary N) is 1. The number of β-amino-alcohol motifs (C(OH)–C–C–N with tert-alkyl or cyclic N) is 1. The van der Waals surface area contributed by atoms with Crippen molar-refractivity contribution in [2.24, 2.45) is 11.3 Å². The molecule has 0 bridgehead atoms. The summed E-state index contributed by atoms with van der Waals surface area (Å²) in [5, 5.41) is 14.1. The number of carbonyl (C=O) groups is 1. The van der Waals surface area contributed by atoms with Crippen molar-refractivity contribution >= 4 is 28.8 Å². The van der Waals surface area contributed by atoms with Crippen molar-refractivity contribution in [2.45, 2.75) is 18.9 Å². The van der Waals surface area contributed by atoms with Crippen LogP contribution in [0.2, 0.25) is 0 Å². The summed E-state index contributed by atoms with van der Waals surface area (Å²) in [6.45, 7) is 3.10. The zero-order valence-corrected chi connectivity index (χ0v) is 16.0. The first kappa shape index (κ1) is 17.9. The average molecular weight is 393 g/mol. The topological polar surface area (TPSA) is 133 Å². The van der Waals surface area contributed by atoms with Crippen LogP contribution in [0.25, 0.3) is 11.2 Å². The number of carbonyl (C=O) groups excluding carboxylic acids is 1. The molecular weight excluding hydrogens is 370 g/mol. The Hall–Kier alpha value is -3.20. The predicted octanol–water partition coefficient (Wildman–Crippen LogP) is 0.652. The van der Waals surface area contributed by atoms with Crippen LogP contribution in [0.3, 0.4) is 0 Å². The molecule has 1 aliphatic carbocycles. The van der Waals surface area contributed by atoms with Crippen LogP contribution < -0.4 is 16.0 Å². The molecule has 5 N–H and O–H groups in total. The van der Waals surface area contributed by atoms with Gasteiger partial charge in [0.15, 0.2) is 11.5 Å². The Kier molecular flexibility index (Phi) is 3.95. The number of hydrogen-bond donors (Lipinski definition) is 4. The van der Waals surface area contributed by atoms with Crippen LogP contribution in [0, 0.1) is 11.3 Å². The third-order valence-corrected chi connectivity index (χ3v) is 6.35. The highest BCUT2D eigenvalue weighted by atomic mass is 16.3. The molecule has 4 atom stereocenters. The molecular formula is C20H23N7O2. The maximum Gasteiger partial charge on any atom is 0.224 e. The quantitative estimate of drug-likeness (QED) is 0.511. The fourth-order valence-corrected chi connectivity index (χ4v) is 5.08. The van der Waals surface area contributed by atoms with Crippen molar-refractivity contribution in [1.82, 2.24) is 25.3 Å². The molecule has 1 amide bonds. The van der Waals surface area contributed by atoms with Gasteiger partial charge in [0.25, 0.3) is 0 Å². The molecule has 1 saturated carbocycles. The van der Waals surface area contributed by atoms with Gasteiger partial charge in [-0.05, 0) is 17.4 Å². The number of nitrogens with one attached hydrogen (secondary N) is 2. The molecule has 1 aromatic carbocycles. The molecule has 1 saturated heterocycles. The number of rotatable bonds is 4. The second-order valence-electron chi connectivity index (χ2n) is 7.95. The van der Waals surface area contributed by atoms with Gasteiger partial charge in [-0.3, -0.25) is 4.79 Å². The summed E-state index contributed by atoms with van der Waals surface area (Å²) in [4.78, 5) is 29.4. The Bertz CT molecular complexity index is 1070. The van der Waals surface area contributed by atoms with Crippen LogP contribution in [-0.4, -0.2) is 56.7 Å². The smallest absolute Gasteiger partial charge is 0.224 e. The van der Waals surface area contributed by atoms with Gasteiger partial charge in [0.05, 0.1) is 12.4 Å². The number of nitrogens with zero attached hydrogens (tertiary/aromatic N) is 4. The summed E-state index contributed by atoms with van der Waals surface area (Å²) in [6.07, 6.45) is 1.01.